The fourth-order valence-electron chi connectivity index (χ4n) is 3.33. The Balaban J connectivity index is 2.10. The first-order valence-corrected chi connectivity index (χ1v) is 8.41. The number of hydroxylamine groups is 1. The number of hydrogen-bond acceptors (Lipinski definition) is 6. The first-order chi connectivity index (χ1) is 12.5. The molecule has 2 heterocycles. The zero-order chi connectivity index (χ0) is 18.8. The summed E-state index contributed by atoms with van der Waals surface area (Å²) >= 11 is 0. The molecule has 2 amide bonds. The van der Waals surface area contributed by atoms with Gasteiger partial charge in [-0.1, -0.05) is 20.1 Å². The van der Waals surface area contributed by atoms with Gasteiger partial charge in [-0.05, 0) is 30.7 Å². The van der Waals surface area contributed by atoms with Crippen LogP contribution in [0.3, 0.4) is 0 Å². The topological polar surface area (TPSA) is 94.7 Å². The summed E-state index contributed by atoms with van der Waals surface area (Å²) < 4.78 is 0. The molecule has 0 spiro atoms. The summed E-state index contributed by atoms with van der Waals surface area (Å²) in [4.78, 5) is 30.7. The van der Waals surface area contributed by atoms with Crippen LogP contribution in [0.1, 0.15) is 13.8 Å². The molecule has 8 heteroatoms. The van der Waals surface area contributed by atoms with Gasteiger partial charge in [-0.3, -0.25) is 25.2 Å². The predicted molar refractivity (Wildman–Crippen MR) is 96.7 cm³/mol. The van der Waals surface area contributed by atoms with E-state index >= 15 is 0 Å². The molecule has 0 aromatic carbocycles. The lowest BCUT2D eigenvalue weighted by atomic mass is 9.87. The maximum atomic E-state index is 12.5. The minimum Gasteiger partial charge on any atom is -0.355 e. The van der Waals surface area contributed by atoms with Crippen LogP contribution in [0.4, 0.5) is 0 Å². The summed E-state index contributed by atoms with van der Waals surface area (Å²) in [6.07, 6.45) is 3.25. The van der Waals surface area contributed by atoms with Gasteiger partial charge < -0.3 is 15.5 Å². The normalized spacial score (nSPS) is 25.3. The molecule has 0 aromatic heterocycles. The number of nitrogens with zero attached hydrogens (tertiary/aromatic N) is 1. The lowest BCUT2D eigenvalue weighted by Crippen LogP contribution is -2.56. The second-order valence-corrected chi connectivity index (χ2v) is 6.18. The number of allylic oxidation sites excluding steroid dienone is 2. The molecule has 26 heavy (non-hydrogen) atoms. The van der Waals surface area contributed by atoms with E-state index in [1.54, 1.807) is 6.20 Å². The van der Waals surface area contributed by atoms with E-state index < -0.39 is 6.17 Å². The molecule has 8 nitrogen and oxygen atoms in total. The van der Waals surface area contributed by atoms with Gasteiger partial charge in [0.1, 0.15) is 6.10 Å². The van der Waals surface area contributed by atoms with Crippen molar-refractivity contribution in [3.05, 3.63) is 59.2 Å². The quantitative estimate of drug-likeness (QED) is 0.505. The number of hydrogen-bond donors (Lipinski definition) is 4. The highest BCUT2D eigenvalue weighted by molar-refractivity contribution is 5.84. The number of likely N-dealkylation sites (N-methyl/N-ethyl adjacent to an activating group) is 1. The minimum absolute atomic E-state index is 0.158. The van der Waals surface area contributed by atoms with Crippen molar-refractivity contribution in [2.45, 2.75) is 26.1 Å². The molecule has 1 saturated heterocycles. The highest BCUT2D eigenvalue weighted by atomic mass is 16.7. The van der Waals surface area contributed by atoms with Crippen molar-refractivity contribution >= 4 is 12.3 Å². The van der Waals surface area contributed by atoms with E-state index in [-0.39, 0.29) is 12.0 Å². The highest BCUT2D eigenvalue weighted by Crippen LogP contribution is 2.40. The van der Waals surface area contributed by atoms with E-state index in [4.69, 9.17) is 4.84 Å². The molecule has 0 saturated carbocycles. The van der Waals surface area contributed by atoms with Gasteiger partial charge in [-0.15, -0.1) is 0 Å². The fraction of sp³-hybridized carbons (Fsp3) is 0.333. The van der Waals surface area contributed by atoms with E-state index in [2.05, 4.69) is 34.6 Å². The summed E-state index contributed by atoms with van der Waals surface area (Å²) in [7, 11) is 0. The van der Waals surface area contributed by atoms with E-state index in [0.29, 0.717) is 30.8 Å². The molecule has 4 N–H and O–H groups in total. The maximum Gasteiger partial charge on any atom is 0.262 e. The predicted octanol–water partition coefficient (Wildman–Crippen LogP) is 0.129. The smallest absolute Gasteiger partial charge is 0.262 e. The molecule has 1 aliphatic carbocycles. The molecule has 3 aliphatic rings. The van der Waals surface area contributed by atoms with Crippen LogP contribution >= 0.6 is 0 Å². The Labute approximate surface area is 152 Å². The number of nitrogens with one attached hydrogen (secondary N) is 4. The van der Waals surface area contributed by atoms with Gasteiger partial charge in [-0.25, -0.2) is 0 Å². The van der Waals surface area contributed by atoms with Crippen LogP contribution in [0.25, 0.3) is 0 Å². The number of carbonyl (C=O) groups is 2. The molecule has 2 aliphatic heterocycles. The Morgan fingerprint density at radius 1 is 1.42 bits per heavy atom. The molecule has 0 bridgehead atoms. The average Bonchev–Trinajstić information content (AvgIpc) is 2.98. The molecule has 2 atom stereocenters. The highest BCUT2D eigenvalue weighted by Gasteiger charge is 2.40. The van der Waals surface area contributed by atoms with Gasteiger partial charge in [0, 0.05) is 24.0 Å². The second-order valence-electron chi connectivity index (χ2n) is 6.18. The Morgan fingerprint density at radius 3 is 2.88 bits per heavy atom. The first kappa shape index (κ1) is 18.0. The number of amides is 2. The van der Waals surface area contributed by atoms with Crippen LogP contribution in [0.5, 0.6) is 0 Å². The Kier molecular flexibility index (Phi) is 4.97. The minimum atomic E-state index is -0.586. The van der Waals surface area contributed by atoms with Gasteiger partial charge in [-0.2, -0.15) is 0 Å². The van der Waals surface area contributed by atoms with Gasteiger partial charge in [0.25, 0.3) is 5.91 Å². The van der Waals surface area contributed by atoms with Gasteiger partial charge in [0.05, 0.1) is 11.4 Å². The maximum absolute atomic E-state index is 12.5. The molecule has 1 fully saturated rings. The summed E-state index contributed by atoms with van der Waals surface area (Å²) in [6, 6.07) is 0. The number of rotatable bonds is 6. The van der Waals surface area contributed by atoms with Crippen LogP contribution in [-0.4, -0.2) is 42.6 Å². The van der Waals surface area contributed by atoms with Crippen molar-refractivity contribution < 1.29 is 14.4 Å². The molecule has 0 radical (unpaired) electrons. The third-order valence-electron chi connectivity index (χ3n) is 4.52. The van der Waals surface area contributed by atoms with Gasteiger partial charge in [0.2, 0.25) is 6.41 Å². The number of fused-ring (bicyclic) bond motifs is 1. The third kappa shape index (κ3) is 2.93. The summed E-state index contributed by atoms with van der Waals surface area (Å²) in [5, 5.41) is 8.63. The molecular weight excluding hydrogens is 334 g/mol. The third-order valence-corrected chi connectivity index (χ3v) is 4.52. The SMILES string of the molecule is C=C1NOC2C=C(CNC=O)C(=C)C(N3C(C)=CNC(=O)C3NCC)=C12. The Hall–Kier alpha value is -2.84. The van der Waals surface area contributed by atoms with Crippen molar-refractivity contribution in [1.29, 1.82) is 0 Å². The lowest BCUT2D eigenvalue weighted by molar-refractivity contribution is -0.126. The zero-order valence-electron chi connectivity index (χ0n) is 14.9. The van der Waals surface area contributed by atoms with Crippen LogP contribution < -0.4 is 21.4 Å². The monoisotopic (exact) mass is 357 g/mol. The van der Waals surface area contributed by atoms with Crippen LogP contribution in [0.2, 0.25) is 0 Å². The van der Waals surface area contributed by atoms with Crippen molar-refractivity contribution in [1.82, 2.24) is 26.3 Å². The first-order valence-electron chi connectivity index (χ1n) is 8.41. The van der Waals surface area contributed by atoms with Crippen LogP contribution in [0, 0.1) is 0 Å². The molecule has 0 aromatic rings. The van der Waals surface area contributed by atoms with E-state index in [9.17, 15) is 9.59 Å². The molecule has 138 valence electrons. The fourth-order valence-corrected chi connectivity index (χ4v) is 3.33. The molecular formula is C18H23N5O3. The largest absolute Gasteiger partial charge is 0.355 e. The van der Waals surface area contributed by atoms with Crippen molar-refractivity contribution in [2.24, 2.45) is 0 Å². The summed E-state index contributed by atoms with van der Waals surface area (Å²) in [5.41, 5.74) is 7.40. The van der Waals surface area contributed by atoms with E-state index in [1.807, 2.05) is 24.8 Å². The zero-order valence-corrected chi connectivity index (χ0v) is 14.9. The summed E-state index contributed by atoms with van der Waals surface area (Å²) in [5.74, 6) is -0.158. The number of carbonyl (C=O) groups excluding carboxylic acids is 2. The molecule has 2 unspecified atom stereocenters. The Bertz CT molecular complexity index is 765. The van der Waals surface area contributed by atoms with Crippen LogP contribution in [0.15, 0.2) is 59.2 Å². The van der Waals surface area contributed by atoms with E-state index in [1.165, 1.54) is 0 Å². The summed E-state index contributed by atoms with van der Waals surface area (Å²) in [6.45, 7) is 13.0. The van der Waals surface area contributed by atoms with Crippen molar-refractivity contribution in [2.75, 3.05) is 13.1 Å². The van der Waals surface area contributed by atoms with Crippen molar-refractivity contribution in [3.63, 3.8) is 0 Å². The lowest BCUT2D eigenvalue weighted by Gasteiger charge is -2.41. The standard InChI is InChI=1S/C18H23N5O3/c1-5-20-17-18(25)21-7-10(2)23(17)16-11(3)13(8-19-9-24)6-14-15(16)12(4)22-26-14/h6-7,9,14,17,20,22H,3-5,8H2,1-2H3,(H,19,24)(H,21,25). The second kappa shape index (κ2) is 7.19. The van der Waals surface area contributed by atoms with Gasteiger partial charge >= 0.3 is 0 Å². The van der Waals surface area contributed by atoms with E-state index in [0.717, 1.165) is 22.5 Å². The average molecular weight is 357 g/mol. The van der Waals surface area contributed by atoms with Crippen molar-refractivity contribution in [3.8, 4) is 0 Å². The Morgan fingerprint density at radius 2 is 2.19 bits per heavy atom. The van der Waals surface area contributed by atoms with Crippen LogP contribution in [-0.2, 0) is 14.4 Å². The van der Waals surface area contributed by atoms with Gasteiger partial charge in [0.15, 0.2) is 6.17 Å². The molecule has 3 rings (SSSR count).